The molecule has 0 aromatic heterocycles. The smallest absolute Gasteiger partial charge is 0.126 e. The molecule has 0 N–H and O–H groups in total. The molecule has 2 nitrogen and oxygen atoms in total. The first-order valence-corrected chi connectivity index (χ1v) is 3.64. The van der Waals surface area contributed by atoms with Crippen LogP contribution in [-0.4, -0.2) is 5.84 Å². The van der Waals surface area contributed by atoms with Gasteiger partial charge in [0.2, 0.25) is 0 Å². The van der Waals surface area contributed by atoms with Crippen molar-refractivity contribution in [3.05, 3.63) is 23.8 Å². The van der Waals surface area contributed by atoms with Crippen LogP contribution < -0.4 is 5.32 Å². The van der Waals surface area contributed by atoms with E-state index < -0.39 is 0 Å². The number of hydrogen-bond acceptors (Lipinski definition) is 1. The van der Waals surface area contributed by atoms with Gasteiger partial charge in [-0.2, -0.15) is 0 Å². The van der Waals surface area contributed by atoms with E-state index in [4.69, 9.17) is 0 Å². The zero-order valence-corrected chi connectivity index (χ0v) is 6.63. The maximum absolute atomic E-state index is 4.30. The number of aryl methyl sites for hydroxylation is 1. The van der Waals surface area contributed by atoms with Crippen LogP contribution in [0.4, 0.5) is 11.4 Å². The lowest BCUT2D eigenvalue weighted by Crippen LogP contribution is -1.98. The minimum atomic E-state index is 0.856. The number of hydrogen-bond donors (Lipinski definition) is 0. The molecule has 2 rings (SSSR count). The normalized spacial score (nSPS) is 13.8. The molecule has 11 heavy (non-hydrogen) atoms. The molecular weight excluding hydrogens is 136 g/mol. The van der Waals surface area contributed by atoms with Gasteiger partial charge < -0.3 is 0 Å². The highest BCUT2D eigenvalue weighted by Crippen LogP contribution is 2.32. The molecule has 0 amide bonds. The predicted octanol–water partition coefficient (Wildman–Crippen LogP) is 2.29. The van der Waals surface area contributed by atoms with Gasteiger partial charge in [-0.05, 0) is 25.5 Å². The number of nitrogens with zero attached hydrogens (tertiary/aromatic N) is 2. The summed E-state index contributed by atoms with van der Waals surface area (Å²) in [5.74, 6) is 0.856. The lowest BCUT2D eigenvalue weighted by molar-refractivity contribution is 1.29. The zero-order chi connectivity index (χ0) is 7.84. The standard InChI is InChI=1S/C9H9N2/c1-6-4-3-5-8-9(6)11-7(2)10-8/h3-5H,1-2H3. The van der Waals surface area contributed by atoms with Gasteiger partial charge >= 0.3 is 0 Å². The van der Waals surface area contributed by atoms with Crippen LogP contribution >= 0.6 is 0 Å². The van der Waals surface area contributed by atoms with E-state index in [1.54, 1.807) is 0 Å². The molecule has 0 saturated carbocycles. The Kier molecular flexibility index (Phi) is 1.22. The highest BCUT2D eigenvalue weighted by molar-refractivity contribution is 5.95. The fourth-order valence-electron chi connectivity index (χ4n) is 1.24. The summed E-state index contributed by atoms with van der Waals surface area (Å²) in [4.78, 5) is 4.30. The van der Waals surface area contributed by atoms with Crippen LogP contribution in [0.15, 0.2) is 23.2 Å². The molecule has 0 saturated heterocycles. The number of amidine groups is 1. The second-order valence-electron chi connectivity index (χ2n) is 2.71. The molecule has 0 unspecified atom stereocenters. The fraction of sp³-hybridized carbons (Fsp3) is 0.222. The Hall–Kier alpha value is -1.31. The molecule has 0 spiro atoms. The second-order valence-corrected chi connectivity index (χ2v) is 2.71. The molecule has 2 heteroatoms. The van der Waals surface area contributed by atoms with Crippen molar-refractivity contribution in [3.63, 3.8) is 0 Å². The van der Waals surface area contributed by atoms with E-state index in [9.17, 15) is 0 Å². The van der Waals surface area contributed by atoms with E-state index in [0.29, 0.717) is 0 Å². The van der Waals surface area contributed by atoms with Crippen molar-refractivity contribution in [2.45, 2.75) is 13.8 Å². The van der Waals surface area contributed by atoms with Crippen molar-refractivity contribution in [1.82, 2.24) is 5.32 Å². The lowest BCUT2D eigenvalue weighted by atomic mass is 10.2. The van der Waals surface area contributed by atoms with Crippen molar-refractivity contribution in [1.29, 1.82) is 0 Å². The molecule has 1 aliphatic rings. The maximum atomic E-state index is 4.30. The van der Waals surface area contributed by atoms with Gasteiger partial charge in [-0.15, -0.1) is 0 Å². The van der Waals surface area contributed by atoms with Gasteiger partial charge in [-0.1, -0.05) is 12.1 Å². The van der Waals surface area contributed by atoms with Crippen LogP contribution in [-0.2, 0) is 0 Å². The van der Waals surface area contributed by atoms with E-state index in [2.05, 4.69) is 23.3 Å². The molecule has 1 radical (unpaired) electrons. The summed E-state index contributed by atoms with van der Waals surface area (Å²) in [7, 11) is 0. The van der Waals surface area contributed by atoms with Gasteiger partial charge in [0.15, 0.2) is 0 Å². The first-order valence-electron chi connectivity index (χ1n) is 3.64. The van der Waals surface area contributed by atoms with Gasteiger partial charge in [0, 0.05) is 0 Å². The van der Waals surface area contributed by atoms with E-state index in [0.717, 1.165) is 17.2 Å². The van der Waals surface area contributed by atoms with E-state index >= 15 is 0 Å². The quantitative estimate of drug-likeness (QED) is 0.535. The van der Waals surface area contributed by atoms with Crippen molar-refractivity contribution >= 4 is 17.2 Å². The molecular formula is C9H9N2. The predicted molar refractivity (Wildman–Crippen MR) is 45.7 cm³/mol. The zero-order valence-electron chi connectivity index (χ0n) is 6.63. The highest BCUT2D eigenvalue weighted by Gasteiger charge is 2.12. The van der Waals surface area contributed by atoms with Gasteiger partial charge in [0.1, 0.15) is 5.84 Å². The molecule has 55 valence electrons. The summed E-state index contributed by atoms with van der Waals surface area (Å²) in [5.41, 5.74) is 3.23. The van der Waals surface area contributed by atoms with Crippen LogP contribution in [0.1, 0.15) is 12.5 Å². The van der Waals surface area contributed by atoms with Gasteiger partial charge in [-0.25, -0.2) is 10.3 Å². The number of rotatable bonds is 0. The van der Waals surface area contributed by atoms with Crippen LogP contribution in [0.2, 0.25) is 0 Å². The van der Waals surface area contributed by atoms with Gasteiger partial charge in [0.25, 0.3) is 0 Å². The Labute approximate surface area is 66.0 Å². The molecule has 0 aliphatic carbocycles. The SMILES string of the molecule is CC1=Nc2c(C)cccc2[N]1. The Bertz CT molecular complexity index is 326. The van der Waals surface area contributed by atoms with E-state index in [1.165, 1.54) is 5.56 Å². The first kappa shape index (κ1) is 6.40. The Balaban J connectivity index is 2.61. The largest absolute Gasteiger partial charge is 0.232 e. The topological polar surface area (TPSA) is 26.5 Å². The second kappa shape index (κ2) is 2.09. The summed E-state index contributed by atoms with van der Waals surface area (Å²) in [6, 6.07) is 6.05. The number of para-hydroxylation sites is 1. The molecule has 0 bridgehead atoms. The molecule has 1 aromatic rings. The summed E-state index contributed by atoms with van der Waals surface area (Å²) >= 11 is 0. The Morgan fingerprint density at radius 2 is 2.00 bits per heavy atom. The third-order valence-corrected chi connectivity index (χ3v) is 1.77. The highest BCUT2D eigenvalue weighted by atomic mass is 15.1. The molecule has 1 heterocycles. The number of aliphatic imine (C=N–C) groups is 1. The summed E-state index contributed by atoms with van der Waals surface area (Å²) in [6.07, 6.45) is 0. The summed E-state index contributed by atoms with van der Waals surface area (Å²) < 4.78 is 0. The van der Waals surface area contributed by atoms with Crippen molar-refractivity contribution in [2.75, 3.05) is 0 Å². The average Bonchev–Trinajstić information content (AvgIpc) is 2.31. The monoisotopic (exact) mass is 145 g/mol. The lowest BCUT2D eigenvalue weighted by Gasteiger charge is -1.97. The molecule has 0 atom stereocenters. The number of fused-ring (bicyclic) bond motifs is 1. The van der Waals surface area contributed by atoms with Crippen molar-refractivity contribution in [2.24, 2.45) is 4.99 Å². The van der Waals surface area contributed by atoms with Crippen LogP contribution in [0.5, 0.6) is 0 Å². The van der Waals surface area contributed by atoms with E-state index in [1.807, 2.05) is 19.1 Å². The Morgan fingerprint density at radius 3 is 2.73 bits per heavy atom. The van der Waals surface area contributed by atoms with Crippen molar-refractivity contribution in [3.8, 4) is 0 Å². The van der Waals surface area contributed by atoms with E-state index in [-0.39, 0.29) is 0 Å². The summed E-state index contributed by atoms with van der Waals surface area (Å²) in [5, 5.41) is 4.26. The fourth-order valence-corrected chi connectivity index (χ4v) is 1.24. The van der Waals surface area contributed by atoms with Crippen LogP contribution in [0, 0.1) is 6.92 Å². The Morgan fingerprint density at radius 1 is 1.18 bits per heavy atom. The molecule has 0 fully saturated rings. The molecule has 1 aromatic carbocycles. The van der Waals surface area contributed by atoms with Gasteiger partial charge in [-0.3, -0.25) is 0 Å². The first-order chi connectivity index (χ1) is 5.27. The third kappa shape index (κ3) is 0.909. The van der Waals surface area contributed by atoms with Gasteiger partial charge in [0.05, 0.1) is 11.4 Å². The van der Waals surface area contributed by atoms with Crippen molar-refractivity contribution < 1.29 is 0 Å². The third-order valence-electron chi connectivity index (χ3n) is 1.77. The van der Waals surface area contributed by atoms with Crippen LogP contribution in [0.25, 0.3) is 0 Å². The minimum absolute atomic E-state index is 0.856. The minimum Gasteiger partial charge on any atom is -0.232 e. The maximum Gasteiger partial charge on any atom is 0.126 e. The molecule has 1 aliphatic heterocycles. The summed E-state index contributed by atoms with van der Waals surface area (Å²) in [6.45, 7) is 3.97. The number of benzene rings is 1. The van der Waals surface area contributed by atoms with Crippen LogP contribution in [0.3, 0.4) is 0 Å². The average molecular weight is 145 g/mol.